The van der Waals surface area contributed by atoms with Crippen LogP contribution in [0.3, 0.4) is 0 Å². The summed E-state index contributed by atoms with van der Waals surface area (Å²) in [5, 5.41) is 0.621. The van der Waals surface area contributed by atoms with E-state index in [1.165, 1.54) is 0 Å². The van der Waals surface area contributed by atoms with E-state index in [-0.39, 0.29) is 22.0 Å². The highest BCUT2D eigenvalue weighted by molar-refractivity contribution is 7.92. The highest BCUT2D eigenvalue weighted by atomic mass is 35.5. The minimum absolute atomic E-state index is 0.115. The molecule has 0 bridgehead atoms. The molecule has 0 aliphatic rings. The van der Waals surface area contributed by atoms with Crippen LogP contribution < -0.4 is 4.72 Å². The van der Waals surface area contributed by atoms with Crippen LogP contribution in [0.5, 0.6) is 0 Å². The van der Waals surface area contributed by atoms with Crippen molar-refractivity contribution in [2.24, 2.45) is 0 Å². The molecule has 8 heteroatoms. The Hall–Kier alpha value is -2.51. The second-order valence-electron chi connectivity index (χ2n) is 6.49. The van der Waals surface area contributed by atoms with Gasteiger partial charge >= 0.3 is 0 Å². The van der Waals surface area contributed by atoms with Gasteiger partial charge in [-0.3, -0.25) is 14.5 Å². The number of hydrogen-bond acceptors (Lipinski definition) is 4. The molecule has 0 radical (unpaired) electrons. The van der Waals surface area contributed by atoms with Crippen molar-refractivity contribution in [3.63, 3.8) is 0 Å². The van der Waals surface area contributed by atoms with Gasteiger partial charge in [-0.2, -0.15) is 0 Å². The molecule has 0 saturated heterocycles. The third kappa shape index (κ3) is 4.31. The van der Waals surface area contributed by atoms with E-state index in [2.05, 4.69) is 9.71 Å². The lowest BCUT2D eigenvalue weighted by Gasteiger charge is -2.12. The summed E-state index contributed by atoms with van der Waals surface area (Å²) in [5.74, 6) is -1.41. The third-order valence-corrected chi connectivity index (χ3v) is 5.98. The van der Waals surface area contributed by atoms with E-state index in [4.69, 9.17) is 11.6 Å². The van der Waals surface area contributed by atoms with Crippen LogP contribution in [0.15, 0.2) is 42.6 Å². The number of rotatable bonds is 6. The number of hydrogen-bond donors (Lipinski definition) is 1. The molecule has 0 amide bonds. The first kappa shape index (κ1) is 20.2. The highest BCUT2D eigenvalue weighted by Gasteiger charge is 2.20. The van der Waals surface area contributed by atoms with Crippen molar-refractivity contribution in [3.05, 3.63) is 70.1 Å². The van der Waals surface area contributed by atoms with Crippen molar-refractivity contribution in [1.82, 2.24) is 4.98 Å². The van der Waals surface area contributed by atoms with Gasteiger partial charge in [0.2, 0.25) is 10.0 Å². The number of benzene rings is 2. The number of nitrogens with zero attached hydrogens (tertiary/aromatic N) is 1. The third-order valence-electron chi connectivity index (χ3n) is 4.10. The highest BCUT2D eigenvalue weighted by Crippen LogP contribution is 2.31. The second-order valence-corrected chi connectivity index (χ2v) is 8.70. The molecule has 146 valence electrons. The summed E-state index contributed by atoms with van der Waals surface area (Å²) >= 11 is 6.25. The van der Waals surface area contributed by atoms with Crippen LogP contribution in [0.2, 0.25) is 5.02 Å². The summed E-state index contributed by atoms with van der Waals surface area (Å²) in [6.07, 6.45) is 2.11. The van der Waals surface area contributed by atoms with Crippen molar-refractivity contribution < 1.29 is 17.6 Å². The molecule has 5 nitrogen and oxygen atoms in total. The van der Waals surface area contributed by atoms with Crippen LogP contribution in [-0.2, 0) is 10.0 Å². The smallest absolute Gasteiger partial charge is 0.232 e. The van der Waals surface area contributed by atoms with Gasteiger partial charge in [0.25, 0.3) is 0 Å². The lowest BCUT2D eigenvalue weighted by molar-refractivity contribution is 0.103. The Balaban J connectivity index is 2.04. The first-order valence-electron chi connectivity index (χ1n) is 8.61. The SMILES string of the molecule is CCCS(=O)(=O)Nc1cc(F)cc(C(=O)c2ccc3ncc(C)cc3c2)c1Cl. The summed E-state index contributed by atoms with van der Waals surface area (Å²) in [6, 6.07) is 8.77. The largest absolute Gasteiger partial charge is 0.289 e. The van der Waals surface area contributed by atoms with Crippen molar-refractivity contribution in [2.45, 2.75) is 20.3 Å². The Labute approximate surface area is 167 Å². The molecule has 0 aliphatic carbocycles. The zero-order valence-electron chi connectivity index (χ0n) is 15.3. The van der Waals surface area contributed by atoms with E-state index >= 15 is 0 Å². The van der Waals surface area contributed by atoms with E-state index < -0.39 is 21.6 Å². The van der Waals surface area contributed by atoms with E-state index in [1.807, 2.05) is 13.0 Å². The summed E-state index contributed by atoms with van der Waals surface area (Å²) in [5.41, 5.74) is 1.69. The quantitative estimate of drug-likeness (QED) is 0.585. The van der Waals surface area contributed by atoms with Gasteiger partial charge in [-0.25, -0.2) is 12.8 Å². The Morgan fingerprint density at radius 3 is 2.68 bits per heavy atom. The van der Waals surface area contributed by atoms with Crippen molar-refractivity contribution in [2.75, 3.05) is 10.5 Å². The minimum Gasteiger partial charge on any atom is -0.289 e. The number of sulfonamides is 1. The average molecular weight is 421 g/mol. The molecular weight excluding hydrogens is 403 g/mol. The van der Waals surface area contributed by atoms with Gasteiger partial charge in [0, 0.05) is 22.7 Å². The number of ketones is 1. The van der Waals surface area contributed by atoms with Gasteiger partial charge < -0.3 is 0 Å². The lowest BCUT2D eigenvalue weighted by atomic mass is 10.0. The topological polar surface area (TPSA) is 76.1 Å². The zero-order valence-corrected chi connectivity index (χ0v) is 16.9. The summed E-state index contributed by atoms with van der Waals surface area (Å²) in [7, 11) is -3.69. The predicted molar refractivity (Wildman–Crippen MR) is 109 cm³/mol. The number of carbonyl (C=O) groups is 1. The van der Waals surface area contributed by atoms with Gasteiger partial charge in [-0.15, -0.1) is 0 Å². The second kappa shape index (κ2) is 7.85. The first-order valence-corrected chi connectivity index (χ1v) is 10.6. The number of halogens is 2. The number of anilines is 1. The monoisotopic (exact) mass is 420 g/mol. The van der Waals surface area contributed by atoms with E-state index in [1.54, 1.807) is 31.3 Å². The first-order chi connectivity index (χ1) is 13.2. The lowest BCUT2D eigenvalue weighted by Crippen LogP contribution is -2.17. The van der Waals surface area contributed by atoms with Crippen LogP contribution in [0.1, 0.15) is 34.8 Å². The molecule has 3 aromatic rings. The molecule has 0 aliphatic heterocycles. The van der Waals surface area contributed by atoms with Crippen molar-refractivity contribution in [3.8, 4) is 0 Å². The number of aromatic nitrogens is 1. The van der Waals surface area contributed by atoms with Gasteiger partial charge in [0.05, 0.1) is 22.0 Å². The molecule has 0 fully saturated rings. The number of fused-ring (bicyclic) bond motifs is 1. The van der Waals surface area contributed by atoms with E-state index in [0.29, 0.717) is 12.0 Å². The van der Waals surface area contributed by atoms with Gasteiger partial charge in [-0.1, -0.05) is 18.5 Å². The number of nitrogens with one attached hydrogen (secondary N) is 1. The fourth-order valence-electron chi connectivity index (χ4n) is 2.85. The average Bonchev–Trinajstić information content (AvgIpc) is 2.62. The Bertz CT molecular complexity index is 1180. The van der Waals surface area contributed by atoms with Crippen molar-refractivity contribution >= 4 is 44.0 Å². The maximum absolute atomic E-state index is 14.1. The fourth-order valence-corrected chi connectivity index (χ4v) is 4.29. The minimum atomic E-state index is -3.69. The van der Waals surface area contributed by atoms with E-state index in [0.717, 1.165) is 28.6 Å². The molecule has 0 unspecified atom stereocenters. The van der Waals surface area contributed by atoms with Gasteiger partial charge in [0.1, 0.15) is 5.82 Å². The molecule has 1 heterocycles. The summed E-state index contributed by atoms with van der Waals surface area (Å²) in [4.78, 5) is 17.2. The number of aryl methyl sites for hydroxylation is 1. The van der Waals surface area contributed by atoms with Crippen molar-refractivity contribution in [1.29, 1.82) is 0 Å². The summed E-state index contributed by atoms with van der Waals surface area (Å²) < 4.78 is 40.4. The number of carbonyl (C=O) groups excluding carboxylic acids is 1. The predicted octanol–water partition coefficient (Wildman–Crippen LogP) is 4.72. The Kier molecular flexibility index (Phi) is 5.67. The molecule has 1 N–H and O–H groups in total. The molecule has 3 rings (SSSR count). The van der Waals surface area contributed by atoms with Crippen LogP contribution in [0.4, 0.5) is 10.1 Å². The van der Waals surface area contributed by atoms with Crippen LogP contribution >= 0.6 is 11.6 Å². The van der Waals surface area contributed by atoms with Crippen LogP contribution in [-0.4, -0.2) is 24.9 Å². The fraction of sp³-hybridized carbons (Fsp3) is 0.200. The maximum atomic E-state index is 14.1. The summed E-state index contributed by atoms with van der Waals surface area (Å²) in [6.45, 7) is 3.59. The molecule has 28 heavy (non-hydrogen) atoms. The van der Waals surface area contributed by atoms with Crippen LogP contribution in [0, 0.1) is 12.7 Å². The standard InChI is InChI=1S/C20H18ClFN2O3S/c1-3-6-28(26,27)24-18-10-15(22)9-16(19(18)21)20(25)13-4-5-17-14(8-13)7-12(2)11-23-17/h4-5,7-11,24H,3,6H2,1-2H3. The Morgan fingerprint density at radius 1 is 1.21 bits per heavy atom. The Morgan fingerprint density at radius 2 is 1.96 bits per heavy atom. The maximum Gasteiger partial charge on any atom is 0.232 e. The normalized spacial score (nSPS) is 11.6. The van der Waals surface area contributed by atoms with Crippen LogP contribution in [0.25, 0.3) is 10.9 Å². The molecule has 0 spiro atoms. The molecule has 2 aromatic carbocycles. The van der Waals surface area contributed by atoms with Gasteiger partial charge in [0.15, 0.2) is 5.78 Å². The molecule has 1 aromatic heterocycles. The van der Waals surface area contributed by atoms with E-state index in [9.17, 15) is 17.6 Å². The molecule has 0 saturated carbocycles. The molecular formula is C20H18ClFN2O3S. The number of pyridine rings is 1. The van der Waals surface area contributed by atoms with Gasteiger partial charge in [-0.05, 0) is 55.3 Å². The molecule has 0 atom stereocenters. The zero-order chi connectivity index (χ0) is 20.5.